The van der Waals surface area contributed by atoms with Crippen LogP contribution in [0, 0.1) is 0 Å². The smallest absolute Gasteiger partial charge is 0.294 e. The number of nitrogens with one attached hydrogen (secondary N) is 1. The lowest BCUT2D eigenvalue weighted by Gasteiger charge is -2.13. The van der Waals surface area contributed by atoms with Crippen molar-refractivity contribution in [2.24, 2.45) is 0 Å². The molecule has 1 N–H and O–H groups in total. The Morgan fingerprint density at radius 1 is 1.16 bits per heavy atom. The van der Waals surface area contributed by atoms with E-state index in [0.717, 1.165) is 16.7 Å². The van der Waals surface area contributed by atoms with E-state index in [4.69, 9.17) is 21.1 Å². The minimum absolute atomic E-state index is 0.202. The quantitative estimate of drug-likeness (QED) is 0.441. The van der Waals surface area contributed by atoms with E-state index in [1.54, 1.807) is 42.5 Å². The van der Waals surface area contributed by atoms with E-state index < -0.39 is 23.6 Å². The van der Waals surface area contributed by atoms with Gasteiger partial charge in [0.05, 0.1) is 28.8 Å². The van der Waals surface area contributed by atoms with Crippen LogP contribution in [-0.4, -0.2) is 41.7 Å². The molecular weight excluding hydrogens is 520 g/mol. The van der Waals surface area contributed by atoms with Crippen LogP contribution in [0.5, 0.6) is 11.5 Å². The maximum atomic E-state index is 12.8. The highest BCUT2D eigenvalue weighted by molar-refractivity contribution is 9.10. The molecule has 3 rings (SSSR count). The molecule has 0 radical (unpaired) electrons. The average Bonchev–Trinajstić information content (AvgIpc) is 3.00. The van der Waals surface area contributed by atoms with Gasteiger partial charge < -0.3 is 14.8 Å². The number of hydrogen-bond acceptors (Lipinski definition) is 6. The Hall–Kier alpha value is -2.49. The van der Waals surface area contributed by atoms with Crippen molar-refractivity contribution in [3.63, 3.8) is 0 Å². The van der Waals surface area contributed by atoms with Crippen molar-refractivity contribution in [3.05, 3.63) is 56.4 Å². The van der Waals surface area contributed by atoms with Gasteiger partial charge in [-0.1, -0.05) is 39.7 Å². The first-order valence-corrected chi connectivity index (χ1v) is 11.7. The fraction of sp³-hybridized carbons (Fsp3) is 0.227. The molecule has 0 unspecified atom stereocenters. The predicted molar refractivity (Wildman–Crippen MR) is 129 cm³/mol. The van der Waals surface area contributed by atoms with Crippen LogP contribution < -0.4 is 14.8 Å². The Bertz CT molecular complexity index is 1090. The van der Waals surface area contributed by atoms with E-state index >= 15 is 0 Å². The minimum Gasteiger partial charge on any atom is -0.490 e. The summed E-state index contributed by atoms with van der Waals surface area (Å²) in [6.45, 7) is 4.23. The SMILES string of the molecule is CCOc1cc(Br)c(/C=C2/SC(=O)N(CC(=O)Nc3ccccc3Cl)C2=O)cc1OCC. The minimum atomic E-state index is -0.548. The van der Waals surface area contributed by atoms with Gasteiger partial charge in [0.1, 0.15) is 6.54 Å². The first-order chi connectivity index (χ1) is 15.3. The third-order valence-corrected chi connectivity index (χ3v) is 6.20. The number of anilines is 1. The third kappa shape index (κ3) is 5.65. The number of halogens is 2. The summed E-state index contributed by atoms with van der Waals surface area (Å²) in [5.74, 6) is 0.0282. The second-order valence-electron chi connectivity index (χ2n) is 6.48. The number of carbonyl (C=O) groups excluding carboxylic acids is 3. The van der Waals surface area contributed by atoms with Crippen LogP contribution in [0.4, 0.5) is 10.5 Å². The zero-order valence-electron chi connectivity index (χ0n) is 17.3. The first kappa shape index (κ1) is 24.2. The fourth-order valence-electron chi connectivity index (χ4n) is 2.87. The number of thioether (sulfide) groups is 1. The Balaban J connectivity index is 1.78. The maximum absolute atomic E-state index is 12.8. The van der Waals surface area contributed by atoms with Crippen LogP contribution in [0.15, 0.2) is 45.8 Å². The Labute approximate surface area is 203 Å². The molecule has 2 aromatic rings. The molecule has 1 aliphatic heterocycles. The zero-order chi connectivity index (χ0) is 23.3. The van der Waals surface area contributed by atoms with Gasteiger partial charge in [-0.15, -0.1) is 0 Å². The second-order valence-corrected chi connectivity index (χ2v) is 8.74. The van der Waals surface area contributed by atoms with Crippen LogP contribution in [0.2, 0.25) is 5.02 Å². The van der Waals surface area contributed by atoms with Crippen LogP contribution in [0.1, 0.15) is 19.4 Å². The molecule has 0 bridgehead atoms. The zero-order valence-corrected chi connectivity index (χ0v) is 20.5. The van der Waals surface area contributed by atoms with Crippen molar-refractivity contribution in [1.82, 2.24) is 4.90 Å². The second kappa shape index (κ2) is 10.9. The van der Waals surface area contributed by atoms with E-state index in [0.29, 0.717) is 45.5 Å². The number of imide groups is 1. The van der Waals surface area contributed by atoms with Crippen molar-refractivity contribution in [1.29, 1.82) is 0 Å². The molecule has 3 amide bonds. The molecule has 1 fully saturated rings. The number of ether oxygens (including phenoxy) is 2. The summed E-state index contributed by atoms with van der Waals surface area (Å²) in [4.78, 5) is 38.7. The molecular formula is C22H20BrClN2O5S. The molecule has 1 heterocycles. The summed E-state index contributed by atoms with van der Waals surface area (Å²) < 4.78 is 11.9. The normalized spacial score (nSPS) is 14.8. The van der Waals surface area contributed by atoms with Gasteiger partial charge in [0, 0.05) is 4.47 Å². The van der Waals surface area contributed by atoms with Gasteiger partial charge in [0.25, 0.3) is 11.1 Å². The molecule has 0 saturated carbocycles. The van der Waals surface area contributed by atoms with Gasteiger partial charge >= 0.3 is 0 Å². The van der Waals surface area contributed by atoms with Crippen LogP contribution in [0.25, 0.3) is 6.08 Å². The first-order valence-electron chi connectivity index (χ1n) is 9.72. The van der Waals surface area contributed by atoms with E-state index in [1.165, 1.54) is 0 Å². The van der Waals surface area contributed by atoms with Crippen molar-refractivity contribution >= 4 is 68.1 Å². The highest BCUT2D eigenvalue weighted by Crippen LogP contribution is 2.38. The number of para-hydroxylation sites is 1. The average molecular weight is 540 g/mol. The highest BCUT2D eigenvalue weighted by Gasteiger charge is 2.36. The summed E-state index contributed by atoms with van der Waals surface area (Å²) in [5, 5.41) is 2.44. The fourth-order valence-corrected chi connectivity index (χ4v) is 4.32. The summed E-state index contributed by atoms with van der Waals surface area (Å²) >= 11 is 10.3. The van der Waals surface area contributed by atoms with Crippen LogP contribution >= 0.6 is 39.3 Å². The summed E-state index contributed by atoms with van der Waals surface area (Å²) in [6.07, 6.45) is 1.58. The molecule has 0 aliphatic carbocycles. The van der Waals surface area contributed by atoms with Gasteiger partial charge in [0.15, 0.2) is 11.5 Å². The molecule has 1 aliphatic rings. The monoisotopic (exact) mass is 538 g/mol. The van der Waals surface area contributed by atoms with Gasteiger partial charge in [-0.2, -0.15) is 0 Å². The maximum Gasteiger partial charge on any atom is 0.294 e. The number of carbonyl (C=O) groups is 3. The van der Waals surface area contributed by atoms with Gasteiger partial charge in [-0.25, -0.2) is 0 Å². The van der Waals surface area contributed by atoms with Gasteiger partial charge in [0.2, 0.25) is 5.91 Å². The summed E-state index contributed by atoms with van der Waals surface area (Å²) in [7, 11) is 0. The number of nitrogens with zero attached hydrogens (tertiary/aromatic N) is 1. The van der Waals surface area contributed by atoms with E-state index in [2.05, 4.69) is 21.2 Å². The lowest BCUT2D eigenvalue weighted by Crippen LogP contribution is -2.36. The molecule has 0 aromatic heterocycles. The number of rotatable bonds is 8. The molecule has 2 aromatic carbocycles. The van der Waals surface area contributed by atoms with E-state index in [-0.39, 0.29) is 4.91 Å². The molecule has 7 nitrogen and oxygen atoms in total. The van der Waals surface area contributed by atoms with E-state index in [9.17, 15) is 14.4 Å². The van der Waals surface area contributed by atoms with Gasteiger partial charge in [-0.3, -0.25) is 19.3 Å². The van der Waals surface area contributed by atoms with Gasteiger partial charge in [-0.05, 0) is 61.5 Å². The Kier molecular flexibility index (Phi) is 8.22. The highest BCUT2D eigenvalue weighted by atomic mass is 79.9. The molecule has 10 heteroatoms. The third-order valence-electron chi connectivity index (χ3n) is 4.27. The van der Waals surface area contributed by atoms with Crippen molar-refractivity contribution in [2.45, 2.75) is 13.8 Å². The van der Waals surface area contributed by atoms with Crippen molar-refractivity contribution in [3.8, 4) is 11.5 Å². The Morgan fingerprint density at radius 3 is 2.47 bits per heavy atom. The molecule has 168 valence electrons. The number of hydrogen-bond donors (Lipinski definition) is 1. The number of amides is 3. The molecule has 0 spiro atoms. The summed E-state index contributed by atoms with van der Waals surface area (Å²) in [6, 6.07) is 10.2. The Morgan fingerprint density at radius 2 is 1.81 bits per heavy atom. The predicted octanol–water partition coefficient (Wildman–Crippen LogP) is 5.57. The lowest BCUT2D eigenvalue weighted by atomic mass is 10.2. The topological polar surface area (TPSA) is 84.9 Å². The van der Waals surface area contributed by atoms with Crippen molar-refractivity contribution in [2.75, 3.05) is 25.1 Å². The molecule has 1 saturated heterocycles. The standard InChI is InChI=1S/C22H20BrClN2O5S/c1-3-30-17-9-13(14(23)11-18(17)31-4-2)10-19-21(28)26(22(29)32-19)12-20(27)25-16-8-6-5-7-15(16)24/h5-11H,3-4,12H2,1-2H3,(H,25,27)/b19-10+. The lowest BCUT2D eigenvalue weighted by molar-refractivity contribution is -0.127. The summed E-state index contributed by atoms with van der Waals surface area (Å²) in [5.41, 5.74) is 1.05. The van der Waals surface area contributed by atoms with Crippen LogP contribution in [-0.2, 0) is 9.59 Å². The largest absolute Gasteiger partial charge is 0.490 e. The molecule has 0 atom stereocenters. The van der Waals surface area contributed by atoms with Crippen molar-refractivity contribution < 1.29 is 23.9 Å². The molecule has 32 heavy (non-hydrogen) atoms. The van der Waals surface area contributed by atoms with Crippen LogP contribution in [0.3, 0.4) is 0 Å². The number of benzene rings is 2. The van der Waals surface area contributed by atoms with E-state index in [1.807, 2.05) is 13.8 Å².